The number of benzene rings is 1. The molecule has 0 radical (unpaired) electrons. The van der Waals surface area contributed by atoms with Crippen LogP contribution in [0.1, 0.15) is 29.3 Å². The highest BCUT2D eigenvalue weighted by Gasteiger charge is 2.12. The first-order chi connectivity index (χ1) is 7.19. The van der Waals surface area contributed by atoms with Crippen LogP contribution in [-0.2, 0) is 0 Å². The van der Waals surface area contributed by atoms with Crippen LogP contribution in [0.2, 0.25) is 0 Å². The quantitative estimate of drug-likeness (QED) is 0.815. The van der Waals surface area contributed by atoms with Crippen LogP contribution >= 0.6 is 0 Å². The molecule has 1 aromatic rings. The molecule has 0 spiro atoms. The fourth-order valence-electron chi connectivity index (χ4n) is 1.29. The number of rotatable bonds is 3. The summed E-state index contributed by atoms with van der Waals surface area (Å²) in [6, 6.07) is 8.97. The molecule has 1 rings (SSSR count). The van der Waals surface area contributed by atoms with E-state index in [4.69, 9.17) is 5.26 Å². The van der Waals surface area contributed by atoms with Crippen LogP contribution in [0.5, 0.6) is 0 Å². The van der Waals surface area contributed by atoms with E-state index >= 15 is 0 Å². The number of nitrogens with one attached hydrogen (secondary N) is 1. The number of carbonyl (C=O) groups is 1. The summed E-state index contributed by atoms with van der Waals surface area (Å²) in [4.78, 5) is 11.7. The molecule has 1 unspecified atom stereocenters. The van der Waals surface area contributed by atoms with Gasteiger partial charge in [-0.25, -0.2) is 0 Å². The lowest BCUT2D eigenvalue weighted by Gasteiger charge is -2.10. The van der Waals surface area contributed by atoms with Crippen LogP contribution in [0.4, 0.5) is 0 Å². The van der Waals surface area contributed by atoms with Gasteiger partial charge in [-0.05, 0) is 25.0 Å². The topological polar surface area (TPSA) is 52.9 Å². The minimum atomic E-state index is -0.405. The van der Waals surface area contributed by atoms with Crippen molar-refractivity contribution < 1.29 is 4.79 Å². The average Bonchev–Trinajstić information content (AvgIpc) is 2.26. The van der Waals surface area contributed by atoms with Gasteiger partial charge in [-0.15, -0.1) is 0 Å². The lowest BCUT2D eigenvalue weighted by molar-refractivity contribution is 0.0944. The van der Waals surface area contributed by atoms with Crippen LogP contribution in [0.15, 0.2) is 24.3 Å². The number of carbonyl (C=O) groups excluding carboxylic acids is 1. The highest BCUT2D eigenvalue weighted by atomic mass is 16.1. The second-order valence-electron chi connectivity index (χ2n) is 3.38. The first-order valence-electron chi connectivity index (χ1n) is 4.95. The molecule has 0 fully saturated rings. The Bertz CT molecular complexity index is 393. The Morgan fingerprint density at radius 1 is 1.53 bits per heavy atom. The second kappa shape index (κ2) is 5.16. The van der Waals surface area contributed by atoms with E-state index in [-0.39, 0.29) is 5.91 Å². The average molecular weight is 202 g/mol. The zero-order valence-corrected chi connectivity index (χ0v) is 8.95. The largest absolute Gasteiger partial charge is 0.336 e. The van der Waals surface area contributed by atoms with Crippen molar-refractivity contribution in [3.05, 3.63) is 35.4 Å². The van der Waals surface area contributed by atoms with E-state index in [0.29, 0.717) is 12.0 Å². The number of hydrogen-bond acceptors (Lipinski definition) is 2. The molecule has 0 bridgehead atoms. The first kappa shape index (κ1) is 11.3. The predicted octanol–water partition coefficient (Wildman–Crippen LogP) is 2.03. The van der Waals surface area contributed by atoms with Crippen LogP contribution in [-0.4, -0.2) is 11.9 Å². The third kappa shape index (κ3) is 2.81. The van der Waals surface area contributed by atoms with Crippen molar-refractivity contribution in [1.82, 2.24) is 5.32 Å². The van der Waals surface area contributed by atoms with E-state index in [2.05, 4.69) is 5.32 Å². The molecule has 3 heteroatoms. The fraction of sp³-hybridized carbons (Fsp3) is 0.333. The molecule has 0 aromatic heterocycles. The van der Waals surface area contributed by atoms with E-state index in [0.717, 1.165) is 5.56 Å². The van der Waals surface area contributed by atoms with Crippen molar-refractivity contribution in [2.24, 2.45) is 0 Å². The van der Waals surface area contributed by atoms with Crippen molar-refractivity contribution in [3.63, 3.8) is 0 Å². The monoisotopic (exact) mass is 202 g/mol. The minimum Gasteiger partial charge on any atom is -0.336 e. The Morgan fingerprint density at radius 2 is 2.20 bits per heavy atom. The molecular formula is C12H14N2O. The van der Waals surface area contributed by atoms with Gasteiger partial charge in [0.15, 0.2) is 0 Å². The SMILES string of the molecule is CCC(C#N)NC(=O)c1ccccc1C. The zero-order chi connectivity index (χ0) is 11.3. The van der Waals surface area contributed by atoms with Gasteiger partial charge in [0.2, 0.25) is 0 Å². The van der Waals surface area contributed by atoms with Gasteiger partial charge in [0.05, 0.1) is 6.07 Å². The maximum Gasteiger partial charge on any atom is 0.252 e. The summed E-state index contributed by atoms with van der Waals surface area (Å²) in [5.74, 6) is -0.179. The van der Waals surface area contributed by atoms with Crippen molar-refractivity contribution in [2.45, 2.75) is 26.3 Å². The molecule has 1 aromatic carbocycles. The lowest BCUT2D eigenvalue weighted by atomic mass is 10.1. The summed E-state index contributed by atoms with van der Waals surface area (Å²) < 4.78 is 0. The van der Waals surface area contributed by atoms with Gasteiger partial charge >= 0.3 is 0 Å². The third-order valence-electron chi connectivity index (χ3n) is 2.26. The Morgan fingerprint density at radius 3 is 2.73 bits per heavy atom. The molecule has 15 heavy (non-hydrogen) atoms. The summed E-state index contributed by atoms with van der Waals surface area (Å²) in [6.45, 7) is 3.74. The molecule has 1 amide bonds. The zero-order valence-electron chi connectivity index (χ0n) is 8.95. The summed E-state index contributed by atoms with van der Waals surface area (Å²) in [7, 11) is 0. The summed E-state index contributed by atoms with van der Waals surface area (Å²) in [6.07, 6.45) is 0.619. The van der Waals surface area contributed by atoms with Gasteiger partial charge in [0.25, 0.3) is 5.91 Å². The summed E-state index contributed by atoms with van der Waals surface area (Å²) >= 11 is 0. The second-order valence-corrected chi connectivity index (χ2v) is 3.38. The molecule has 1 atom stereocenters. The predicted molar refractivity (Wildman–Crippen MR) is 58.3 cm³/mol. The van der Waals surface area contributed by atoms with E-state index in [1.165, 1.54) is 0 Å². The molecule has 78 valence electrons. The van der Waals surface area contributed by atoms with E-state index < -0.39 is 6.04 Å². The maximum atomic E-state index is 11.7. The van der Waals surface area contributed by atoms with Crippen LogP contribution in [0, 0.1) is 18.3 Å². The number of nitriles is 1. The molecule has 0 heterocycles. The fourth-order valence-corrected chi connectivity index (χ4v) is 1.29. The first-order valence-corrected chi connectivity index (χ1v) is 4.95. The smallest absolute Gasteiger partial charge is 0.252 e. The highest BCUT2D eigenvalue weighted by molar-refractivity contribution is 5.95. The van der Waals surface area contributed by atoms with Gasteiger partial charge in [0.1, 0.15) is 6.04 Å². The Labute approximate surface area is 89.7 Å². The molecule has 0 saturated carbocycles. The number of nitrogens with zero attached hydrogens (tertiary/aromatic N) is 1. The van der Waals surface area contributed by atoms with Gasteiger partial charge in [-0.2, -0.15) is 5.26 Å². The molecule has 0 aliphatic rings. The van der Waals surface area contributed by atoms with Crippen molar-refractivity contribution in [1.29, 1.82) is 5.26 Å². The van der Waals surface area contributed by atoms with Crippen molar-refractivity contribution >= 4 is 5.91 Å². The Balaban J connectivity index is 2.79. The normalized spacial score (nSPS) is 11.5. The molecule has 0 saturated heterocycles. The van der Waals surface area contributed by atoms with Gasteiger partial charge in [-0.3, -0.25) is 4.79 Å². The molecule has 0 aliphatic heterocycles. The number of hydrogen-bond donors (Lipinski definition) is 1. The molecule has 0 aliphatic carbocycles. The van der Waals surface area contributed by atoms with E-state index in [1.807, 2.05) is 38.1 Å². The van der Waals surface area contributed by atoms with E-state index in [1.54, 1.807) is 6.07 Å². The lowest BCUT2D eigenvalue weighted by Crippen LogP contribution is -2.33. The van der Waals surface area contributed by atoms with Crippen molar-refractivity contribution in [2.75, 3.05) is 0 Å². The van der Waals surface area contributed by atoms with Crippen LogP contribution in [0.25, 0.3) is 0 Å². The highest BCUT2D eigenvalue weighted by Crippen LogP contribution is 2.07. The van der Waals surface area contributed by atoms with Crippen LogP contribution in [0.3, 0.4) is 0 Å². The number of amides is 1. The van der Waals surface area contributed by atoms with E-state index in [9.17, 15) is 4.79 Å². The standard InChI is InChI=1S/C12H14N2O/c1-3-10(8-13)14-12(15)11-7-5-4-6-9(11)2/h4-7,10H,3H2,1-2H3,(H,14,15). The third-order valence-corrected chi connectivity index (χ3v) is 2.26. The van der Waals surface area contributed by atoms with Crippen LogP contribution < -0.4 is 5.32 Å². The number of aryl methyl sites for hydroxylation is 1. The van der Waals surface area contributed by atoms with Gasteiger partial charge in [-0.1, -0.05) is 25.1 Å². The molecule has 3 nitrogen and oxygen atoms in total. The maximum absolute atomic E-state index is 11.7. The Kier molecular flexibility index (Phi) is 3.87. The molecular weight excluding hydrogens is 188 g/mol. The summed E-state index contributed by atoms with van der Waals surface area (Å²) in [5.41, 5.74) is 1.55. The van der Waals surface area contributed by atoms with Crippen molar-refractivity contribution in [3.8, 4) is 6.07 Å². The minimum absolute atomic E-state index is 0.179. The van der Waals surface area contributed by atoms with Gasteiger partial charge in [0, 0.05) is 5.56 Å². The summed E-state index contributed by atoms with van der Waals surface area (Å²) in [5, 5.41) is 11.4. The van der Waals surface area contributed by atoms with Gasteiger partial charge < -0.3 is 5.32 Å². The molecule has 1 N–H and O–H groups in total. The Hall–Kier alpha value is -1.82.